The highest BCUT2D eigenvalue weighted by Crippen LogP contribution is 2.62. The molecule has 12 nitrogen and oxygen atoms in total. The Morgan fingerprint density at radius 2 is 1.70 bits per heavy atom. The third kappa shape index (κ3) is 10.9. The van der Waals surface area contributed by atoms with Gasteiger partial charge in [-0.1, -0.05) is 43.1 Å². The minimum atomic E-state index is -1.41. The van der Waals surface area contributed by atoms with Gasteiger partial charge < -0.3 is 34.2 Å². The van der Waals surface area contributed by atoms with Crippen LogP contribution < -0.4 is 9.47 Å². The second kappa shape index (κ2) is 20.9. The normalized spacial score (nSPS) is 23.3. The summed E-state index contributed by atoms with van der Waals surface area (Å²) in [5.74, 6) is -0.207. The number of nitro benzene ring substituents is 1. The van der Waals surface area contributed by atoms with Gasteiger partial charge in [0.2, 0.25) is 11.7 Å². The molecule has 63 heavy (non-hydrogen) atoms. The smallest absolute Gasteiger partial charge is 0.269 e. The van der Waals surface area contributed by atoms with Crippen LogP contribution in [0.2, 0.25) is 0 Å². The number of rotatable bonds is 20. The number of amides is 1. The maximum Gasteiger partial charge on any atom is 0.269 e. The van der Waals surface area contributed by atoms with E-state index in [1.165, 1.54) is 23.8 Å². The van der Waals surface area contributed by atoms with E-state index in [9.17, 15) is 25.1 Å². The van der Waals surface area contributed by atoms with Crippen LogP contribution >= 0.6 is 0 Å². The molecule has 1 heterocycles. The number of oxime groups is 1. The van der Waals surface area contributed by atoms with E-state index in [-0.39, 0.29) is 55.6 Å². The molecule has 2 N–H and O–H groups in total. The first-order valence-corrected chi connectivity index (χ1v) is 22.5. The highest BCUT2D eigenvalue weighted by molar-refractivity contribution is 6.03. The first kappa shape index (κ1) is 47.2. The number of carbonyl (C=O) groups is 1. The van der Waals surface area contributed by atoms with E-state index in [0.29, 0.717) is 48.6 Å². The number of unbranched alkanes of at least 4 members (excludes halogenated alkanes) is 2. The van der Waals surface area contributed by atoms with Crippen molar-refractivity contribution in [2.45, 2.75) is 116 Å². The number of non-ortho nitro benzene ring substituents is 1. The Kier molecular flexibility index (Phi) is 15.7. The molecule has 6 rings (SSSR count). The van der Waals surface area contributed by atoms with Crippen molar-refractivity contribution in [2.24, 2.45) is 22.9 Å². The Labute approximate surface area is 372 Å². The Hall–Kier alpha value is -5.30. The van der Waals surface area contributed by atoms with Crippen LogP contribution in [-0.2, 0) is 14.4 Å². The van der Waals surface area contributed by atoms with Crippen LogP contribution in [0.25, 0.3) is 6.08 Å². The fraction of sp³-hybridized carbons (Fsp3) is 0.490. The molecule has 2 aliphatic carbocycles. The number of fused-ring (bicyclic) bond motifs is 2. The molecule has 3 aliphatic rings. The third-order valence-corrected chi connectivity index (χ3v) is 12.4. The lowest BCUT2D eigenvalue weighted by atomic mass is 9.55. The van der Waals surface area contributed by atoms with Crippen molar-refractivity contribution in [1.29, 1.82) is 0 Å². The van der Waals surface area contributed by atoms with Crippen molar-refractivity contribution in [3.05, 3.63) is 123 Å². The van der Waals surface area contributed by atoms with Gasteiger partial charge in [-0.15, -0.1) is 6.58 Å². The number of hydrogen-bond donors (Lipinski definition) is 2. The molecule has 12 heteroatoms. The molecule has 0 bridgehead atoms. The van der Waals surface area contributed by atoms with E-state index >= 15 is 0 Å². The van der Waals surface area contributed by atoms with Crippen molar-refractivity contribution < 1.29 is 39.0 Å². The first-order valence-electron chi connectivity index (χ1n) is 22.5. The maximum atomic E-state index is 14.7. The van der Waals surface area contributed by atoms with Gasteiger partial charge in [-0.25, -0.2) is 0 Å². The van der Waals surface area contributed by atoms with E-state index in [0.717, 1.165) is 48.1 Å². The summed E-state index contributed by atoms with van der Waals surface area (Å²) in [7, 11) is 0. The topological polar surface area (TPSA) is 153 Å². The van der Waals surface area contributed by atoms with E-state index in [4.69, 9.17) is 24.2 Å². The highest BCUT2D eigenvalue weighted by atomic mass is 16.7. The van der Waals surface area contributed by atoms with Gasteiger partial charge in [-0.05, 0) is 149 Å². The van der Waals surface area contributed by atoms with Crippen LogP contribution in [0.15, 0.2) is 96.2 Å². The number of aryl methyl sites for hydroxylation is 2. The number of benzene rings is 3. The first-order chi connectivity index (χ1) is 30.2. The Morgan fingerprint density at radius 3 is 2.35 bits per heavy atom. The maximum absolute atomic E-state index is 14.7. The zero-order chi connectivity index (χ0) is 45.3. The number of hydrogen-bond acceptors (Lipinski definition) is 10. The largest absolute Gasteiger partial charge is 0.459 e. The average Bonchev–Trinajstić information content (AvgIpc) is 3.25. The predicted molar refractivity (Wildman–Crippen MR) is 246 cm³/mol. The van der Waals surface area contributed by atoms with E-state index in [1.54, 1.807) is 24.3 Å². The molecule has 0 saturated heterocycles. The summed E-state index contributed by atoms with van der Waals surface area (Å²) >= 11 is 0. The predicted octanol–water partition coefficient (Wildman–Crippen LogP) is 10.4. The lowest BCUT2D eigenvalue weighted by Gasteiger charge is -2.60. The molecular formula is C51H65N3O9. The summed E-state index contributed by atoms with van der Waals surface area (Å²) in [6.07, 6.45) is 12.7. The van der Waals surface area contributed by atoms with E-state index in [2.05, 4.69) is 38.6 Å². The average molecular weight is 864 g/mol. The van der Waals surface area contributed by atoms with Gasteiger partial charge in [-0.3, -0.25) is 14.9 Å². The summed E-state index contributed by atoms with van der Waals surface area (Å²) in [6, 6.07) is 17.4. The molecule has 1 aliphatic heterocycles. The van der Waals surface area contributed by atoms with Gasteiger partial charge in [0.25, 0.3) is 5.69 Å². The Balaban J connectivity index is 1.57. The summed E-state index contributed by atoms with van der Waals surface area (Å²) < 4.78 is 21.0. The molecule has 3 aromatic carbocycles. The van der Waals surface area contributed by atoms with Gasteiger partial charge in [0.05, 0.1) is 23.2 Å². The zero-order valence-electron chi connectivity index (χ0n) is 37.8. The van der Waals surface area contributed by atoms with Crippen LogP contribution in [0.1, 0.15) is 107 Å². The van der Waals surface area contributed by atoms with Crippen LogP contribution in [0.4, 0.5) is 5.69 Å². The second-order valence-electron chi connectivity index (χ2n) is 18.0. The molecule has 1 amide bonds. The van der Waals surface area contributed by atoms with E-state index in [1.807, 2.05) is 56.9 Å². The molecule has 3 aromatic rings. The number of allylic oxidation sites excluding steroid dienone is 1. The molecule has 338 valence electrons. The quantitative estimate of drug-likeness (QED) is 0.0371. The van der Waals surface area contributed by atoms with Crippen LogP contribution in [0.3, 0.4) is 0 Å². The minimum absolute atomic E-state index is 0.0336. The van der Waals surface area contributed by atoms with Gasteiger partial charge in [0, 0.05) is 55.9 Å². The van der Waals surface area contributed by atoms with Crippen molar-refractivity contribution in [2.75, 3.05) is 26.4 Å². The molecule has 6 atom stereocenters. The number of ether oxygens (including phenoxy) is 3. The van der Waals surface area contributed by atoms with E-state index < -0.39 is 28.3 Å². The Bertz CT molecular complexity index is 2170. The molecule has 0 radical (unpaired) electrons. The molecule has 1 saturated carbocycles. The van der Waals surface area contributed by atoms with Crippen molar-refractivity contribution in [3.63, 3.8) is 0 Å². The SMILES string of the molecule is C=CCO[C@@]12Oc3ccc(Oc4ccc(C)c(C)c4)cc3[C@H]3[C@H](CCCCO)[C@@H](CCCCO)C=C(C(=NOC(C)(C)C)C[C@@H]1N(CCC)C(=O)C=Cc1ccc([N+](=O)[O-])cc1)[C@H]32. The molecule has 1 fully saturated rings. The lowest BCUT2D eigenvalue weighted by molar-refractivity contribution is -0.384. The monoisotopic (exact) mass is 863 g/mol. The van der Waals surface area contributed by atoms with Gasteiger partial charge >= 0.3 is 0 Å². The van der Waals surface area contributed by atoms with Gasteiger partial charge in [-0.2, -0.15) is 0 Å². The number of aliphatic hydroxyl groups is 2. The lowest BCUT2D eigenvalue weighted by Crippen LogP contribution is -2.70. The number of aliphatic hydroxyl groups excluding tert-OH is 2. The summed E-state index contributed by atoms with van der Waals surface area (Å²) in [6.45, 7) is 16.8. The second-order valence-corrected chi connectivity index (χ2v) is 18.0. The fourth-order valence-corrected chi connectivity index (χ4v) is 9.45. The molecule has 0 spiro atoms. The summed E-state index contributed by atoms with van der Waals surface area (Å²) in [5.41, 5.74) is 4.93. The van der Waals surface area contributed by atoms with Gasteiger partial charge in [0.1, 0.15) is 28.9 Å². The Morgan fingerprint density at radius 1 is 1.00 bits per heavy atom. The zero-order valence-corrected chi connectivity index (χ0v) is 37.8. The molecule has 0 aromatic heterocycles. The van der Waals surface area contributed by atoms with Crippen LogP contribution in [0.5, 0.6) is 17.2 Å². The van der Waals surface area contributed by atoms with Crippen LogP contribution in [0, 0.1) is 41.7 Å². The fourth-order valence-electron chi connectivity index (χ4n) is 9.45. The number of carbonyl (C=O) groups excluding carboxylic acids is 1. The highest BCUT2D eigenvalue weighted by Gasteiger charge is 2.65. The third-order valence-electron chi connectivity index (χ3n) is 12.4. The van der Waals surface area contributed by atoms with Crippen LogP contribution in [-0.4, -0.2) is 75.5 Å². The molecular weight excluding hydrogens is 799 g/mol. The standard InChI is InChI=1S/C51H65N3O9/c1-8-26-53(47(57)25-19-36-17-20-38(21-18-36)54(58)59)46-33-44(52-63-50(5,6)7)42-31-37(14-10-12-27-55)41(15-11-13-28-56)48-43-32-40(61-39-22-16-34(3)35(4)30-39)23-24-45(43)62-51(46,49(42)48)60-29-9-2/h9,16-25,30-32,37,41,46,48-49,55-56H,2,8,10-15,26-29,33H2,1,3-7H3/t37-,41+,46-,48+,49+,51+/m0/s1. The van der Waals surface area contributed by atoms with Crippen molar-refractivity contribution in [3.8, 4) is 17.2 Å². The van der Waals surface area contributed by atoms with Crippen molar-refractivity contribution in [1.82, 2.24) is 4.90 Å². The summed E-state index contributed by atoms with van der Waals surface area (Å²) in [5, 5.41) is 36.2. The molecule has 0 unspecified atom stereocenters. The number of nitro groups is 1. The van der Waals surface area contributed by atoms with Crippen molar-refractivity contribution >= 4 is 23.4 Å². The summed E-state index contributed by atoms with van der Waals surface area (Å²) in [4.78, 5) is 33.7. The van der Waals surface area contributed by atoms with Gasteiger partial charge in [0.15, 0.2) is 0 Å². The number of nitrogens with zero attached hydrogens (tertiary/aromatic N) is 3. The minimum Gasteiger partial charge on any atom is -0.459 e.